The SMILES string of the molecule is Cc1cc(F)cc(C2CCC(=O)C2C)c1. The molecule has 1 aliphatic carbocycles. The van der Waals surface area contributed by atoms with Crippen LogP contribution in [0.3, 0.4) is 0 Å². The van der Waals surface area contributed by atoms with E-state index < -0.39 is 0 Å². The minimum Gasteiger partial charge on any atom is -0.299 e. The van der Waals surface area contributed by atoms with E-state index in [0.29, 0.717) is 12.2 Å². The van der Waals surface area contributed by atoms with Gasteiger partial charge in [0.05, 0.1) is 0 Å². The molecule has 0 aliphatic heterocycles. The molecule has 1 aromatic rings. The Morgan fingerprint density at radius 1 is 1.33 bits per heavy atom. The summed E-state index contributed by atoms with van der Waals surface area (Å²) in [7, 11) is 0. The van der Waals surface area contributed by atoms with Crippen molar-refractivity contribution in [3.05, 3.63) is 35.1 Å². The summed E-state index contributed by atoms with van der Waals surface area (Å²) in [6, 6.07) is 5.07. The Morgan fingerprint density at radius 3 is 2.60 bits per heavy atom. The average molecular weight is 206 g/mol. The predicted octanol–water partition coefficient (Wildman–Crippen LogP) is 3.22. The van der Waals surface area contributed by atoms with Crippen molar-refractivity contribution in [2.75, 3.05) is 0 Å². The highest BCUT2D eigenvalue weighted by atomic mass is 19.1. The van der Waals surface area contributed by atoms with Gasteiger partial charge < -0.3 is 0 Å². The molecule has 2 rings (SSSR count). The zero-order valence-corrected chi connectivity index (χ0v) is 9.09. The molecule has 80 valence electrons. The van der Waals surface area contributed by atoms with Crippen LogP contribution < -0.4 is 0 Å². The molecule has 1 aliphatic rings. The van der Waals surface area contributed by atoms with Gasteiger partial charge in [0.2, 0.25) is 0 Å². The van der Waals surface area contributed by atoms with Crippen LogP contribution in [0.4, 0.5) is 4.39 Å². The third-order valence-corrected chi connectivity index (χ3v) is 3.31. The zero-order chi connectivity index (χ0) is 11.0. The van der Waals surface area contributed by atoms with Gasteiger partial charge in [-0.1, -0.05) is 13.0 Å². The first kappa shape index (κ1) is 10.3. The van der Waals surface area contributed by atoms with Crippen LogP contribution >= 0.6 is 0 Å². The van der Waals surface area contributed by atoms with Crippen molar-refractivity contribution in [3.63, 3.8) is 0 Å². The molecule has 1 nitrogen and oxygen atoms in total. The van der Waals surface area contributed by atoms with Gasteiger partial charge >= 0.3 is 0 Å². The van der Waals surface area contributed by atoms with Crippen molar-refractivity contribution < 1.29 is 9.18 Å². The van der Waals surface area contributed by atoms with Crippen LogP contribution in [0.2, 0.25) is 0 Å². The lowest BCUT2D eigenvalue weighted by atomic mass is 9.89. The van der Waals surface area contributed by atoms with Crippen LogP contribution in [0.1, 0.15) is 36.8 Å². The van der Waals surface area contributed by atoms with E-state index in [4.69, 9.17) is 0 Å². The molecule has 0 bridgehead atoms. The molecule has 0 N–H and O–H groups in total. The molecule has 2 unspecified atom stereocenters. The maximum Gasteiger partial charge on any atom is 0.136 e. The first-order valence-corrected chi connectivity index (χ1v) is 5.37. The van der Waals surface area contributed by atoms with Gasteiger partial charge in [-0.05, 0) is 42.5 Å². The fraction of sp³-hybridized carbons (Fsp3) is 0.462. The highest BCUT2D eigenvalue weighted by Crippen LogP contribution is 2.37. The number of halogens is 1. The maximum absolute atomic E-state index is 13.2. The van der Waals surface area contributed by atoms with Crippen LogP contribution in [0, 0.1) is 18.7 Å². The fourth-order valence-electron chi connectivity index (χ4n) is 2.43. The number of rotatable bonds is 1. The lowest BCUT2D eigenvalue weighted by molar-refractivity contribution is -0.120. The van der Waals surface area contributed by atoms with Crippen molar-refractivity contribution in [1.82, 2.24) is 0 Å². The van der Waals surface area contributed by atoms with Crippen molar-refractivity contribution in [2.45, 2.75) is 32.6 Å². The van der Waals surface area contributed by atoms with Gasteiger partial charge in [0, 0.05) is 12.3 Å². The number of Topliss-reactive ketones (excluding diaryl/α,β-unsaturated/α-hetero) is 1. The van der Waals surface area contributed by atoms with E-state index in [1.807, 2.05) is 19.9 Å². The molecular formula is C13H15FO. The van der Waals surface area contributed by atoms with Crippen LogP contribution in [-0.2, 0) is 4.79 Å². The molecule has 1 aromatic carbocycles. The van der Waals surface area contributed by atoms with Gasteiger partial charge in [-0.2, -0.15) is 0 Å². The van der Waals surface area contributed by atoms with E-state index in [1.54, 1.807) is 6.07 Å². The summed E-state index contributed by atoms with van der Waals surface area (Å²) in [5.74, 6) is 0.372. The second-order valence-corrected chi connectivity index (χ2v) is 4.46. The standard InChI is InChI=1S/C13H15FO/c1-8-5-10(7-11(14)6-8)12-3-4-13(15)9(12)2/h5-7,9,12H,3-4H2,1-2H3. The third-order valence-electron chi connectivity index (χ3n) is 3.31. The molecule has 0 radical (unpaired) electrons. The van der Waals surface area contributed by atoms with E-state index in [9.17, 15) is 9.18 Å². The van der Waals surface area contributed by atoms with E-state index >= 15 is 0 Å². The number of ketones is 1. The van der Waals surface area contributed by atoms with Gasteiger partial charge in [-0.3, -0.25) is 4.79 Å². The molecular weight excluding hydrogens is 191 g/mol. The Kier molecular flexibility index (Phi) is 2.59. The van der Waals surface area contributed by atoms with Gasteiger partial charge in [0.25, 0.3) is 0 Å². The number of aryl methyl sites for hydroxylation is 1. The summed E-state index contributed by atoms with van der Waals surface area (Å²) >= 11 is 0. The summed E-state index contributed by atoms with van der Waals surface area (Å²) in [6.45, 7) is 3.83. The number of benzene rings is 1. The number of hydrogen-bond donors (Lipinski definition) is 0. The molecule has 0 amide bonds. The van der Waals surface area contributed by atoms with Gasteiger partial charge in [-0.15, -0.1) is 0 Å². The van der Waals surface area contributed by atoms with Crippen molar-refractivity contribution in [2.24, 2.45) is 5.92 Å². The van der Waals surface area contributed by atoms with Gasteiger partial charge in [0.15, 0.2) is 0 Å². The minimum absolute atomic E-state index is 0.0474. The van der Waals surface area contributed by atoms with Crippen LogP contribution in [0.15, 0.2) is 18.2 Å². The van der Waals surface area contributed by atoms with E-state index in [1.165, 1.54) is 6.07 Å². The Bertz CT molecular complexity index is 377. The summed E-state index contributed by atoms with van der Waals surface area (Å²) < 4.78 is 13.2. The monoisotopic (exact) mass is 206 g/mol. The smallest absolute Gasteiger partial charge is 0.136 e. The van der Waals surface area contributed by atoms with E-state index in [0.717, 1.165) is 17.5 Å². The highest BCUT2D eigenvalue weighted by Gasteiger charge is 2.32. The lowest BCUT2D eigenvalue weighted by Gasteiger charge is -2.15. The summed E-state index contributed by atoms with van der Waals surface area (Å²) in [5.41, 5.74) is 1.90. The Balaban J connectivity index is 2.33. The van der Waals surface area contributed by atoms with Crippen LogP contribution in [-0.4, -0.2) is 5.78 Å². The average Bonchev–Trinajstić information content (AvgIpc) is 2.46. The number of carbonyl (C=O) groups excluding carboxylic acids is 1. The van der Waals surface area contributed by atoms with Gasteiger partial charge in [0.1, 0.15) is 11.6 Å². The first-order valence-electron chi connectivity index (χ1n) is 5.37. The summed E-state index contributed by atoms with van der Waals surface area (Å²) in [6.07, 6.45) is 1.50. The molecule has 0 aromatic heterocycles. The second kappa shape index (κ2) is 3.76. The largest absolute Gasteiger partial charge is 0.299 e. The second-order valence-electron chi connectivity index (χ2n) is 4.46. The zero-order valence-electron chi connectivity index (χ0n) is 9.09. The molecule has 0 saturated heterocycles. The molecule has 1 fully saturated rings. The van der Waals surface area contributed by atoms with Crippen molar-refractivity contribution in [3.8, 4) is 0 Å². The summed E-state index contributed by atoms with van der Waals surface area (Å²) in [5, 5.41) is 0. The number of hydrogen-bond acceptors (Lipinski definition) is 1. The molecule has 2 heteroatoms. The Labute approximate surface area is 89.3 Å². The molecule has 2 atom stereocenters. The molecule has 15 heavy (non-hydrogen) atoms. The molecule has 0 heterocycles. The number of carbonyl (C=O) groups is 1. The molecule has 0 spiro atoms. The lowest BCUT2D eigenvalue weighted by Crippen LogP contribution is -2.09. The third kappa shape index (κ3) is 1.94. The topological polar surface area (TPSA) is 17.1 Å². The first-order chi connectivity index (χ1) is 7.08. The Hall–Kier alpha value is -1.18. The molecule has 1 saturated carbocycles. The van der Waals surface area contributed by atoms with Gasteiger partial charge in [-0.25, -0.2) is 4.39 Å². The van der Waals surface area contributed by atoms with Crippen molar-refractivity contribution in [1.29, 1.82) is 0 Å². The van der Waals surface area contributed by atoms with Crippen LogP contribution in [0.25, 0.3) is 0 Å². The van der Waals surface area contributed by atoms with Crippen molar-refractivity contribution >= 4 is 5.78 Å². The predicted molar refractivity (Wildman–Crippen MR) is 57.3 cm³/mol. The summed E-state index contributed by atoms with van der Waals surface area (Å²) in [4.78, 5) is 11.4. The minimum atomic E-state index is -0.198. The fourth-order valence-corrected chi connectivity index (χ4v) is 2.43. The Morgan fingerprint density at radius 2 is 2.07 bits per heavy atom. The normalized spacial score (nSPS) is 25.9. The maximum atomic E-state index is 13.2. The van der Waals surface area contributed by atoms with E-state index in [2.05, 4.69) is 0 Å². The quantitative estimate of drug-likeness (QED) is 0.689. The van der Waals surface area contributed by atoms with Crippen LogP contribution in [0.5, 0.6) is 0 Å². The highest BCUT2D eigenvalue weighted by molar-refractivity contribution is 5.84. The van der Waals surface area contributed by atoms with E-state index in [-0.39, 0.29) is 17.7 Å².